The molecule has 0 saturated heterocycles. The number of aliphatic hydroxyl groups is 2. The third kappa shape index (κ3) is 3.05. The van der Waals surface area contributed by atoms with Gasteiger partial charge in [-0.3, -0.25) is 0 Å². The van der Waals surface area contributed by atoms with Gasteiger partial charge in [-0.2, -0.15) is 0 Å². The van der Waals surface area contributed by atoms with Gasteiger partial charge >= 0.3 is 5.95 Å². The number of hydrogen-bond acceptors (Lipinski definition) is 3. The van der Waals surface area contributed by atoms with Crippen molar-refractivity contribution in [2.75, 3.05) is 0 Å². The van der Waals surface area contributed by atoms with E-state index < -0.39 is 5.95 Å². The Morgan fingerprint density at radius 1 is 1.60 bits per heavy atom. The summed E-state index contributed by atoms with van der Waals surface area (Å²) in [6.07, 6.45) is 0. The summed E-state index contributed by atoms with van der Waals surface area (Å²) in [7, 11) is 0. The van der Waals surface area contributed by atoms with Crippen LogP contribution in [0.15, 0.2) is 5.95 Å². The first-order chi connectivity index (χ1) is 2.27. The summed E-state index contributed by atoms with van der Waals surface area (Å²) in [6.45, 7) is 0. The second kappa shape index (κ2) is 1.38. The van der Waals surface area contributed by atoms with Gasteiger partial charge in [0.1, 0.15) is 0 Å². The highest BCUT2D eigenvalue weighted by molar-refractivity contribution is 5.45. The molecule has 0 aromatic carbocycles. The number of rotatable bonds is 0. The van der Waals surface area contributed by atoms with Gasteiger partial charge in [0.2, 0.25) is 5.94 Å². The number of hydrogen-bond donors (Lipinski definition) is 2. The molecular formula is C2H2O3. The Labute approximate surface area is 28.2 Å². The van der Waals surface area contributed by atoms with Gasteiger partial charge in [0.25, 0.3) is 0 Å². The molecule has 0 rings (SSSR count). The zero-order chi connectivity index (χ0) is 4.28. The van der Waals surface area contributed by atoms with Crippen LogP contribution in [0.3, 0.4) is 0 Å². The monoisotopic (exact) mass is 74.0 g/mol. The van der Waals surface area contributed by atoms with E-state index in [-0.39, 0.29) is 0 Å². The van der Waals surface area contributed by atoms with Crippen molar-refractivity contribution in [2.45, 2.75) is 0 Å². The van der Waals surface area contributed by atoms with Gasteiger partial charge in [-0.1, -0.05) is 0 Å². The molecule has 0 aliphatic carbocycles. The van der Waals surface area contributed by atoms with Crippen LogP contribution in [0.2, 0.25) is 0 Å². The molecule has 28 valence electrons. The van der Waals surface area contributed by atoms with Crippen LogP contribution in [0, 0.1) is 0 Å². The molecule has 0 saturated carbocycles. The molecule has 0 aromatic rings. The highest BCUT2D eigenvalue weighted by Crippen LogP contribution is 1.56. The molecule has 0 atom stereocenters. The van der Waals surface area contributed by atoms with E-state index in [1.807, 2.05) is 0 Å². The smallest absolute Gasteiger partial charge is 0.364 e. The summed E-state index contributed by atoms with van der Waals surface area (Å²) in [4.78, 5) is 8.84. The van der Waals surface area contributed by atoms with Crippen LogP contribution in [-0.4, -0.2) is 16.2 Å². The second-order valence-corrected chi connectivity index (χ2v) is 0.426. The SMILES string of the molecule is O=C=C(O)O. The van der Waals surface area contributed by atoms with Crippen molar-refractivity contribution in [1.82, 2.24) is 0 Å². The maximum atomic E-state index is 8.84. The Balaban J connectivity index is 3.60. The van der Waals surface area contributed by atoms with Crippen LogP contribution >= 0.6 is 0 Å². The van der Waals surface area contributed by atoms with E-state index in [9.17, 15) is 0 Å². The van der Waals surface area contributed by atoms with Crippen molar-refractivity contribution in [3.05, 3.63) is 5.95 Å². The zero-order valence-electron chi connectivity index (χ0n) is 2.30. The lowest BCUT2D eigenvalue weighted by molar-refractivity contribution is 0.197. The maximum absolute atomic E-state index is 8.84. The van der Waals surface area contributed by atoms with E-state index in [4.69, 9.17) is 15.0 Å². The zero-order valence-corrected chi connectivity index (χ0v) is 2.30. The van der Waals surface area contributed by atoms with E-state index in [1.54, 1.807) is 0 Å². The molecule has 5 heavy (non-hydrogen) atoms. The lowest BCUT2D eigenvalue weighted by Crippen LogP contribution is -1.70. The quantitative estimate of drug-likeness (QED) is 0.308. The van der Waals surface area contributed by atoms with E-state index in [0.717, 1.165) is 5.94 Å². The average molecular weight is 74.0 g/mol. The number of carbonyl (C=O) groups excluding carboxylic acids is 1. The maximum Gasteiger partial charge on any atom is 0.364 e. The molecule has 0 fully saturated rings. The first kappa shape index (κ1) is 4.05. The first-order valence-electron chi connectivity index (χ1n) is 0.901. The van der Waals surface area contributed by atoms with E-state index in [1.165, 1.54) is 0 Å². The molecule has 0 heterocycles. The Morgan fingerprint density at radius 3 is 1.80 bits per heavy atom. The van der Waals surface area contributed by atoms with Crippen molar-refractivity contribution >= 4 is 5.94 Å². The highest BCUT2D eigenvalue weighted by atomic mass is 16.5. The minimum absolute atomic E-state index is 0.806. The molecule has 0 aromatic heterocycles. The number of aliphatic hydroxyl groups excluding tert-OH is 1. The van der Waals surface area contributed by atoms with Gasteiger partial charge < -0.3 is 10.2 Å². The molecule has 0 unspecified atom stereocenters. The fourth-order valence-corrected chi connectivity index (χ4v) is 0. The predicted octanol–water partition coefficient (Wildman–Crippen LogP) is -0.225. The first-order valence-corrected chi connectivity index (χ1v) is 0.901. The minimum atomic E-state index is -1.30. The summed E-state index contributed by atoms with van der Waals surface area (Å²) >= 11 is 0. The summed E-state index contributed by atoms with van der Waals surface area (Å²) in [6, 6.07) is 0. The normalized spacial score (nSPS) is 5.60. The molecule has 0 spiro atoms. The van der Waals surface area contributed by atoms with E-state index in [2.05, 4.69) is 0 Å². The molecule has 3 nitrogen and oxygen atoms in total. The van der Waals surface area contributed by atoms with Crippen molar-refractivity contribution in [3.8, 4) is 0 Å². The highest BCUT2D eigenvalue weighted by Gasteiger charge is 1.70. The van der Waals surface area contributed by atoms with Crippen molar-refractivity contribution in [1.29, 1.82) is 0 Å². The lowest BCUT2D eigenvalue weighted by atomic mass is 11.0. The van der Waals surface area contributed by atoms with Crippen LogP contribution < -0.4 is 0 Å². The Hall–Kier alpha value is -0.950. The van der Waals surface area contributed by atoms with Gasteiger partial charge in [0, 0.05) is 0 Å². The van der Waals surface area contributed by atoms with Crippen LogP contribution in [0.25, 0.3) is 0 Å². The van der Waals surface area contributed by atoms with Crippen LogP contribution in [0.1, 0.15) is 0 Å². The van der Waals surface area contributed by atoms with E-state index in [0.29, 0.717) is 0 Å². The third-order valence-electron chi connectivity index (χ3n) is 0.0913. The fraction of sp³-hybridized carbons (Fsp3) is 0. The minimum Gasteiger partial charge on any atom is -0.473 e. The van der Waals surface area contributed by atoms with Crippen molar-refractivity contribution < 1.29 is 15.0 Å². The summed E-state index contributed by atoms with van der Waals surface area (Å²) in [5, 5.41) is 14.8. The molecule has 0 aliphatic rings. The van der Waals surface area contributed by atoms with Gasteiger partial charge in [0.05, 0.1) is 0 Å². The van der Waals surface area contributed by atoms with Crippen LogP contribution in [0.4, 0.5) is 0 Å². The van der Waals surface area contributed by atoms with Crippen molar-refractivity contribution in [2.24, 2.45) is 0 Å². The predicted molar refractivity (Wildman–Crippen MR) is 14.5 cm³/mol. The standard InChI is InChI=1S/C2H2O3/c3-1-2(4)5/h4-5H. The van der Waals surface area contributed by atoms with Gasteiger partial charge in [-0.25, -0.2) is 4.79 Å². The van der Waals surface area contributed by atoms with E-state index >= 15 is 0 Å². The average Bonchev–Trinajstić information content (AvgIpc) is 1.38. The molecule has 0 aliphatic heterocycles. The molecule has 2 N–H and O–H groups in total. The van der Waals surface area contributed by atoms with Gasteiger partial charge in [0.15, 0.2) is 0 Å². The fourth-order valence-electron chi connectivity index (χ4n) is 0. The summed E-state index contributed by atoms with van der Waals surface area (Å²) in [5.41, 5.74) is 0. The molecule has 0 bridgehead atoms. The lowest BCUT2D eigenvalue weighted by Gasteiger charge is -1.65. The Kier molecular flexibility index (Phi) is 1.12. The third-order valence-corrected chi connectivity index (χ3v) is 0.0913. The topological polar surface area (TPSA) is 57.5 Å². The Morgan fingerprint density at radius 2 is 1.80 bits per heavy atom. The second-order valence-electron chi connectivity index (χ2n) is 0.426. The molecule has 3 heteroatoms. The van der Waals surface area contributed by atoms with Crippen LogP contribution in [-0.2, 0) is 4.79 Å². The summed E-state index contributed by atoms with van der Waals surface area (Å²) < 4.78 is 0. The van der Waals surface area contributed by atoms with Crippen LogP contribution in [0.5, 0.6) is 0 Å². The largest absolute Gasteiger partial charge is 0.473 e. The Bertz CT molecular complexity index is 65.0. The molecular weight excluding hydrogens is 72.0 g/mol. The van der Waals surface area contributed by atoms with Gasteiger partial charge in [-0.05, 0) is 0 Å². The molecule has 0 radical (unpaired) electrons. The molecule has 0 amide bonds. The van der Waals surface area contributed by atoms with Gasteiger partial charge in [-0.15, -0.1) is 0 Å². The van der Waals surface area contributed by atoms with Crippen molar-refractivity contribution in [3.63, 3.8) is 0 Å². The summed E-state index contributed by atoms with van der Waals surface area (Å²) in [5.74, 6) is -0.495.